The van der Waals surface area contributed by atoms with Crippen molar-refractivity contribution in [3.05, 3.63) is 45.9 Å². The first-order chi connectivity index (χ1) is 10.2. The Balaban J connectivity index is 1.91. The number of hydrogen-bond donors (Lipinski definition) is 0. The Morgan fingerprint density at radius 2 is 2.19 bits per heavy atom. The largest absolute Gasteiger partial charge is 0.465 e. The van der Waals surface area contributed by atoms with Crippen LogP contribution in [-0.2, 0) is 4.74 Å². The molecule has 0 N–H and O–H groups in total. The first-order valence-electron chi connectivity index (χ1n) is 6.77. The third-order valence-corrected chi connectivity index (χ3v) is 5.09. The maximum Gasteiger partial charge on any atom is 0.351 e. The van der Waals surface area contributed by atoms with Crippen LogP contribution in [0.1, 0.15) is 34.1 Å². The summed E-state index contributed by atoms with van der Waals surface area (Å²) in [7, 11) is 1.35. The Kier molecular flexibility index (Phi) is 4.12. The van der Waals surface area contributed by atoms with E-state index in [1.165, 1.54) is 24.0 Å². The molecule has 6 heteroatoms. The van der Waals surface area contributed by atoms with E-state index in [0.29, 0.717) is 10.9 Å². The van der Waals surface area contributed by atoms with E-state index in [4.69, 9.17) is 16.3 Å². The van der Waals surface area contributed by atoms with E-state index in [0.717, 1.165) is 24.5 Å². The molecule has 0 radical (unpaired) electrons. The number of thiazole rings is 1. The van der Waals surface area contributed by atoms with E-state index >= 15 is 0 Å². The van der Waals surface area contributed by atoms with Crippen molar-refractivity contribution >= 4 is 34.0 Å². The van der Waals surface area contributed by atoms with Gasteiger partial charge in [-0.2, -0.15) is 0 Å². The minimum atomic E-state index is -0.431. The molecule has 1 aliphatic heterocycles. The lowest BCUT2D eigenvalue weighted by Crippen LogP contribution is -2.22. The molecular weight excluding hydrogens is 308 g/mol. The first kappa shape index (κ1) is 14.4. The molecule has 0 saturated carbocycles. The molecule has 1 atom stereocenters. The zero-order valence-corrected chi connectivity index (χ0v) is 13.2. The van der Waals surface area contributed by atoms with Crippen LogP contribution in [0, 0.1) is 0 Å². The number of rotatable bonds is 3. The molecule has 1 saturated heterocycles. The van der Waals surface area contributed by atoms with Gasteiger partial charge in [0.05, 0.1) is 13.2 Å². The van der Waals surface area contributed by atoms with Gasteiger partial charge in [0.2, 0.25) is 0 Å². The zero-order valence-electron chi connectivity index (χ0n) is 11.6. The van der Waals surface area contributed by atoms with Crippen molar-refractivity contribution in [2.75, 3.05) is 18.6 Å². The van der Waals surface area contributed by atoms with Gasteiger partial charge >= 0.3 is 5.97 Å². The standard InChI is InChI=1S/C15H15ClN2O2S/c1-20-14(19)12-13(16)17-15(21-12)18-9-5-8-11(18)10-6-3-2-4-7-10/h2-4,6-7,11H,5,8-9H2,1H3. The van der Waals surface area contributed by atoms with E-state index in [1.54, 1.807) is 0 Å². The van der Waals surface area contributed by atoms with E-state index in [9.17, 15) is 4.79 Å². The molecular formula is C15H15ClN2O2S. The Morgan fingerprint density at radius 1 is 1.43 bits per heavy atom. The van der Waals surface area contributed by atoms with Crippen molar-refractivity contribution in [2.45, 2.75) is 18.9 Å². The predicted octanol–water partition coefficient (Wildman–Crippen LogP) is 3.92. The molecule has 1 unspecified atom stereocenters. The van der Waals surface area contributed by atoms with Crippen LogP contribution in [0.15, 0.2) is 30.3 Å². The second-order valence-corrected chi connectivity index (χ2v) is 6.21. The maximum atomic E-state index is 11.7. The van der Waals surface area contributed by atoms with E-state index < -0.39 is 5.97 Å². The molecule has 0 spiro atoms. The molecule has 4 nitrogen and oxygen atoms in total. The van der Waals surface area contributed by atoms with Crippen molar-refractivity contribution in [1.29, 1.82) is 0 Å². The van der Waals surface area contributed by atoms with Crippen molar-refractivity contribution in [3.8, 4) is 0 Å². The summed E-state index contributed by atoms with van der Waals surface area (Å²) in [6.07, 6.45) is 2.18. The monoisotopic (exact) mass is 322 g/mol. The summed E-state index contributed by atoms with van der Waals surface area (Å²) in [5, 5.41) is 1.01. The number of benzene rings is 1. The summed E-state index contributed by atoms with van der Waals surface area (Å²) in [5.41, 5.74) is 1.26. The number of nitrogens with zero attached hydrogens (tertiary/aromatic N) is 2. The normalized spacial score (nSPS) is 18.0. The lowest BCUT2D eigenvalue weighted by molar-refractivity contribution is 0.0606. The molecule has 0 aliphatic carbocycles. The molecule has 2 heterocycles. The van der Waals surface area contributed by atoms with Crippen LogP contribution in [-0.4, -0.2) is 24.6 Å². The number of halogens is 1. The van der Waals surface area contributed by atoms with Gasteiger partial charge in [-0.15, -0.1) is 0 Å². The summed E-state index contributed by atoms with van der Waals surface area (Å²) in [6, 6.07) is 10.6. The van der Waals surface area contributed by atoms with Gasteiger partial charge in [0, 0.05) is 6.54 Å². The van der Waals surface area contributed by atoms with E-state index in [2.05, 4.69) is 22.0 Å². The fourth-order valence-electron chi connectivity index (χ4n) is 2.65. The molecule has 1 aromatic carbocycles. The first-order valence-corrected chi connectivity index (χ1v) is 7.96. The van der Waals surface area contributed by atoms with Gasteiger partial charge in [-0.3, -0.25) is 0 Å². The number of hydrogen-bond acceptors (Lipinski definition) is 5. The van der Waals surface area contributed by atoms with E-state index in [-0.39, 0.29) is 5.15 Å². The number of ether oxygens (including phenoxy) is 1. The number of carbonyl (C=O) groups is 1. The number of esters is 1. The highest BCUT2D eigenvalue weighted by molar-refractivity contribution is 7.18. The van der Waals surface area contributed by atoms with Crippen LogP contribution in [0.2, 0.25) is 5.15 Å². The Hall–Kier alpha value is -1.59. The third-order valence-electron chi connectivity index (χ3n) is 3.63. The summed E-state index contributed by atoms with van der Waals surface area (Å²) < 4.78 is 4.73. The second-order valence-electron chi connectivity index (χ2n) is 4.87. The quantitative estimate of drug-likeness (QED) is 0.803. The summed E-state index contributed by atoms with van der Waals surface area (Å²) in [6.45, 7) is 0.921. The average Bonchev–Trinajstić information content (AvgIpc) is 3.13. The Labute approximate surface area is 132 Å². The van der Waals surface area contributed by atoms with Gasteiger partial charge in [-0.25, -0.2) is 9.78 Å². The van der Waals surface area contributed by atoms with Crippen LogP contribution in [0.4, 0.5) is 5.13 Å². The topological polar surface area (TPSA) is 42.4 Å². The van der Waals surface area contributed by atoms with Crippen LogP contribution in [0.3, 0.4) is 0 Å². The van der Waals surface area contributed by atoms with Gasteiger partial charge in [0.15, 0.2) is 15.2 Å². The minimum absolute atomic E-state index is 0.223. The fourth-order valence-corrected chi connectivity index (χ4v) is 3.92. The molecule has 0 amide bonds. The number of aromatic nitrogens is 1. The van der Waals surface area contributed by atoms with Crippen molar-refractivity contribution in [3.63, 3.8) is 0 Å². The molecule has 1 aromatic heterocycles. The highest BCUT2D eigenvalue weighted by Gasteiger charge is 2.30. The van der Waals surface area contributed by atoms with Crippen LogP contribution in [0.5, 0.6) is 0 Å². The number of anilines is 1. The molecule has 110 valence electrons. The van der Waals surface area contributed by atoms with Crippen LogP contribution in [0.25, 0.3) is 0 Å². The third kappa shape index (κ3) is 2.76. The van der Waals surface area contributed by atoms with E-state index in [1.807, 2.05) is 18.2 Å². The Bertz CT molecular complexity index is 644. The fraction of sp³-hybridized carbons (Fsp3) is 0.333. The van der Waals surface area contributed by atoms with Gasteiger partial charge in [0.25, 0.3) is 0 Å². The van der Waals surface area contributed by atoms with Crippen LogP contribution < -0.4 is 4.90 Å². The van der Waals surface area contributed by atoms with Crippen molar-refractivity contribution in [1.82, 2.24) is 4.98 Å². The molecule has 1 aliphatic rings. The zero-order chi connectivity index (χ0) is 14.8. The predicted molar refractivity (Wildman–Crippen MR) is 84.2 cm³/mol. The highest BCUT2D eigenvalue weighted by atomic mass is 35.5. The summed E-state index contributed by atoms with van der Waals surface area (Å²) in [4.78, 5) is 18.6. The van der Waals surface area contributed by atoms with Gasteiger partial charge < -0.3 is 9.64 Å². The lowest BCUT2D eigenvalue weighted by atomic mass is 10.1. The average molecular weight is 323 g/mol. The molecule has 1 fully saturated rings. The van der Waals surface area contributed by atoms with Gasteiger partial charge in [-0.05, 0) is 18.4 Å². The molecule has 3 rings (SSSR count). The van der Waals surface area contributed by atoms with Crippen molar-refractivity contribution in [2.24, 2.45) is 0 Å². The number of methoxy groups -OCH3 is 1. The second kappa shape index (κ2) is 6.03. The number of carbonyl (C=O) groups excluding carboxylic acids is 1. The summed E-state index contributed by atoms with van der Waals surface area (Å²) in [5.74, 6) is -0.431. The van der Waals surface area contributed by atoms with Gasteiger partial charge in [-0.1, -0.05) is 53.3 Å². The minimum Gasteiger partial charge on any atom is -0.465 e. The summed E-state index contributed by atoms with van der Waals surface area (Å²) >= 11 is 7.36. The highest BCUT2D eigenvalue weighted by Crippen LogP contribution is 2.40. The maximum absolute atomic E-state index is 11.7. The van der Waals surface area contributed by atoms with Gasteiger partial charge in [0.1, 0.15) is 0 Å². The van der Waals surface area contributed by atoms with Crippen LogP contribution >= 0.6 is 22.9 Å². The Morgan fingerprint density at radius 3 is 2.90 bits per heavy atom. The molecule has 0 bridgehead atoms. The molecule has 2 aromatic rings. The SMILES string of the molecule is COC(=O)c1sc(N2CCCC2c2ccccc2)nc1Cl. The van der Waals surface area contributed by atoms with Crippen molar-refractivity contribution < 1.29 is 9.53 Å². The lowest BCUT2D eigenvalue weighted by Gasteiger charge is -2.24. The molecule has 21 heavy (non-hydrogen) atoms. The smallest absolute Gasteiger partial charge is 0.351 e.